The second-order valence-electron chi connectivity index (χ2n) is 4.34. The lowest BCUT2D eigenvalue weighted by Gasteiger charge is -2.10. The van der Waals surface area contributed by atoms with Gasteiger partial charge in [0.25, 0.3) is 0 Å². The topological polar surface area (TPSA) is 27.1 Å². The Bertz CT molecular complexity index is 613. The maximum absolute atomic E-state index is 6.26. The first-order valence-electron chi connectivity index (χ1n) is 6.25. The number of ether oxygens (including phenoxy) is 1. The van der Waals surface area contributed by atoms with Gasteiger partial charge in [0.05, 0.1) is 16.4 Å². The molecule has 2 rings (SSSR count). The van der Waals surface area contributed by atoms with Crippen LogP contribution in [0.25, 0.3) is 0 Å². The van der Waals surface area contributed by atoms with Crippen LogP contribution in [-0.4, -0.2) is 9.78 Å². The maximum atomic E-state index is 6.26. The lowest BCUT2D eigenvalue weighted by molar-refractivity contribution is 0.292. The smallest absolute Gasteiger partial charge is 0.131 e. The average molecular weight is 423 g/mol. The van der Waals surface area contributed by atoms with Crippen molar-refractivity contribution in [2.45, 2.75) is 32.3 Å². The predicted octanol–water partition coefficient (Wildman–Crippen LogP) is 5.10. The molecule has 0 N–H and O–H groups in total. The molecule has 0 spiro atoms. The fourth-order valence-electron chi connectivity index (χ4n) is 1.90. The summed E-state index contributed by atoms with van der Waals surface area (Å²) in [5.74, 6) is 0.820. The van der Waals surface area contributed by atoms with Crippen LogP contribution in [0.4, 0.5) is 0 Å². The maximum Gasteiger partial charge on any atom is 0.131 e. The highest BCUT2D eigenvalue weighted by Crippen LogP contribution is 2.26. The number of alkyl halides is 1. The van der Waals surface area contributed by atoms with Crippen LogP contribution in [0, 0.1) is 6.92 Å². The Morgan fingerprint density at radius 3 is 2.80 bits per heavy atom. The van der Waals surface area contributed by atoms with E-state index in [4.69, 9.17) is 16.3 Å². The van der Waals surface area contributed by atoms with Gasteiger partial charge in [-0.05, 0) is 37.6 Å². The molecule has 0 atom stereocenters. The molecule has 1 aromatic carbocycles. The number of benzene rings is 1. The van der Waals surface area contributed by atoms with Gasteiger partial charge >= 0.3 is 0 Å². The summed E-state index contributed by atoms with van der Waals surface area (Å²) < 4.78 is 8.78. The van der Waals surface area contributed by atoms with Crippen LogP contribution in [0.2, 0.25) is 5.02 Å². The molecule has 0 aliphatic carbocycles. The van der Waals surface area contributed by atoms with E-state index < -0.39 is 0 Å². The molecule has 0 fully saturated rings. The summed E-state index contributed by atoms with van der Waals surface area (Å²) in [4.78, 5) is 0. The van der Waals surface area contributed by atoms with Crippen molar-refractivity contribution in [1.29, 1.82) is 0 Å². The van der Waals surface area contributed by atoms with Gasteiger partial charge in [-0.1, -0.05) is 43.5 Å². The minimum absolute atomic E-state index is 0.414. The number of hydrogen-bond acceptors (Lipinski definition) is 2. The quantitative estimate of drug-likeness (QED) is 0.627. The number of aryl methyl sites for hydroxylation is 2. The summed E-state index contributed by atoms with van der Waals surface area (Å²) in [5, 5.41) is 5.84. The highest BCUT2D eigenvalue weighted by molar-refractivity contribution is 9.10. The van der Waals surface area contributed by atoms with E-state index in [0.717, 1.165) is 39.0 Å². The van der Waals surface area contributed by atoms with Crippen LogP contribution >= 0.6 is 43.5 Å². The van der Waals surface area contributed by atoms with Crippen molar-refractivity contribution in [1.82, 2.24) is 9.78 Å². The molecule has 3 nitrogen and oxygen atoms in total. The molecule has 0 bridgehead atoms. The third-order valence-corrected chi connectivity index (χ3v) is 4.86. The summed E-state index contributed by atoms with van der Waals surface area (Å²) in [7, 11) is 0. The minimum atomic E-state index is 0.414. The van der Waals surface area contributed by atoms with Crippen LogP contribution in [0.3, 0.4) is 0 Å². The van der Waals surface area contributed by atoms with Crippen molar-refractivity contribution in [3.63, 3.8) is 0 Å². The van der Waals surface area contributed by atoms with Gasteiger partial charge in [0, 0.05) is 16.3 Å². The van der Waals surface area contributed by atoms with Gasteiger partial charge in [-0.2, -0.15) is 5.10 Å². The molecule has 6 heteroatoms. The van der Waals surface area contributed by atoms with Gasteiger partial charge in [-0.25, -0.2) is 0 Å². The van der Waals surface area contributed by atoms with Crippen LogP contribution in [0.1, 0.15) is 23.9 Å². The van der Waals surface area contributed by atoms with E-state index in [2.05, 4.69) is 37.0 Å². The van der Waals surface area contributed by atoms with Crippen LogP contribution in [0.5, 0.6) is 5.75 Å². The second-order valence-corrected chi connectivity index (χ2v) is 6.13. The van der Waals surface area contributed by atoms with Crippen molar-refractivity contribution in [2.24, 2.45) is 0 Å². The highest BCUT2D eigenvalue weighted by atomic mass is 79.9. The first kappa shape index (κ1) is 15.9. The van der Waals surface area contributed by atoms with Crippen molar-refractivity contribution >= 4 is 43.5 Å². The second kappa shape index (κ2) is 6.96. The summed E-state index contributed by atoms with van der Waals surface area (Å²) in [6.45, 7) is 5.13. The molecule has 0 unspecified atom stereocenters. The summed E-state index contributed by atoms with van der Waals surface area (Å²) in [5.41, 5.74) is 2.90. The first-order valence-corrected chi connectivity index (χ1v) is 8.55. The molecule has 20 heavy (non-hydrogen) atoms. The number of hydrogen-bond donors (Lipinski definition) is 0. The lowest BCUT2D eigenvalue weighted by atomic mass is 10.2. The van der Waals surface area contributed by atoms with Crippen molar-refractivity contribution < 1.29 is 4.74 Å². The van der Waals surface area contributed by atoms with Crippen LogP contribution in [-0.2, 0) is 18.5 Å². The van der Waals surface area contributed by atoms with E-state index in [1.165, 1.54) is 0 Å². The van der Waals surface area contributed by atoms with Gasteiger partial charge in [-0.15, -0.1) is 0 Å². The Morgan fingerprint density at radius 2 is 2.15 bits per heavy atom. The zero-order chi connectivity index (χ0) is 14.7. The average Bonchev–Trinajstić information content (AvgIpc) is 2.73. The number of nitrogens with zero attached hydrogens (tertiary/aromatic N) is 2. The van der Waals surface area contributed by atoms with Gasteiger partial charge in [0.15, 0.2) is 0 Å². The lowest BCUT2D eigenvalue weighted by Crippen LogP contribution is -2.06. The largest absolute Gasteiger partial charge is 0.487 e. The Labute approximate surface area is 140 Å². The van der Waals surface area contributed by atoms with Gasteiger partial charge in [0.2, 0.25) is 0 Å². The highest BCUT2D eigenvalue weighted by Gasteiger charge is 2.13. The summed E-state index contributed by atoms with van der Waals surface area (Å²) in [6, 6.07) is 5.92. The van der Waals surface area contributed by atoms with Crippen LogP contribution in [0.15, 0.2) is 22.7 Å². The Morgan fingerprint density at radius 1 is 1.40 bits per heavy atom. The third-order valence-electron chi connectivity index (χ3n) is 2.99. The fraction of sp³-hybridized carbons (Fsp3) is 0.357. The predicted molar refractivity (Wildman–Crippen MR) is 88.8 cm³/mol. The van der Waals surface area contributed by atoms with E-state index in [0.29, 0.717) is 11.6 Å². The van der Waals surface area contributed by atoms with Crippen LogP contribution < -0.4 is 4.74 Å². The molecule has 1 heterocycles. The third kappa shape index (κ3) is 3.38. The molecule has 0 saturated carbocycles. The molecular weight excluding hydrogens is 407 g/mol. The van der Waals surface area contributed by atoms with Gasteiger partial charge in [0.1, 0.15) is 12.4 Å². The molecule has 2 aromatic rings. The molecular formula is C14H15Br2ClN2O. The van der Waals surface area contributed by atoms with Crippen molar-refractivity contribution in [2.75, 3.05) is 0 Å². The standard InChI is InChI=1S/C14H15Br2ClN2O/c1-3-19-13(14(17)9(2)18-19)8-20-11-4-5-12(16)10(6-11)7-15/h4-6H,3,7-8H2,1-2H3. The Kier molecular flexibility index (Phi) is 5.52. The van der Waals surface area contributed by atoms with Crippen molar-refractivity contribution in [3.05, 3.63) is 44.6 Å². The van der Waals surface area contributed by atoms with E-state index in [9.17, 15) is 0 Å². The molecule has 0 aliphatic heterocycles. The monoisotopic (exact) mass is 420 g/mol. The van der Waals surface area contributed by atoms with Gasteiger partial charge < -0.3 is 4.74 Å². The molecule has 0 amide bonds. The van der Waals surface area contributed by atoms with E-state index in [-0.39, 0.29) is 0 Å². The van der Waals surface area contributed by atoms with E-state index >= 15 is 0 Å². The fourth-order valence-corrected chi connectivity index (χ4v) is 3.32. The number of aromatic nitrogens is 2. The van der Waals surface area contributed by atoms with Crippen molar-refractivity contribution in [3.8, 4) is 5.75 Å². The zero-order valence-corrected chi connectivity index (χ0v) is 15.2. The first-order chi connectivity index (χ1) is 9.56. The molecule has 0 saturated heterocycles. The Balaban J connectivity index is 2.16. The van der Waals surface area contributed by atoms with E-state index in [1.54, 1.807) is 0 Å². The normalized spacial score (nSPS) is 10.8. The SMILES string of the molecule is CCn1nc(C)c(Cl)c1COc1ccc(Br)c(CBr)c1. The molecule has 108 valence electrons. The Hall–Kier alpha value is -0.520. The molecule has 0 radical (unpaired) electrons. The van der Waals surface area contributed by atoms with Gasteiger partial charge in [-0.3, -0.25) is 4.68 Å². The molecule has 1 aromatic heterocycles. The van der Waals surface area contributed by atoms with E-state index in [1.807, 2.05) is 36.7 Å². The summed E-state index contributed by atoms with van der Waals surface area (Å²) >= 11 is 13.2. The molecule has 0 aliphatic rings. The number of halogens is 3. The number of rotatable bonds is 5. The minimum Gasteiger partial charge on any atom is -0.487 e. The zero-order valence-electron chi connectivity index (χ0n) is 11.3. The summed E-state index contributed by atoms with van der Waals surface area (Å²) in [6.07, 6.45) is 0.